The molecule has 0 unspecified atom stereocenters. The highest BCUT2D eigenvalue weighted by molar-refractivity contribution is 7.48. The third-order valence-electron chi connectivity index (χ3n) is 5.40. The molecule has 3 nitrogen and oxygen atoms in total. The van der Waals surface area contributed by atoms with E-state index in [0.29, 0.717) is 12.8 Å². The van der Waals surface area contributed by atoms with Crippen LogP contribution in [-0.2, 0) is 26.5 Å². The van der Waals surface area contributed by atoms with E-state index in [1.165, 1.54) is 11.1 Å². The SMILES string of the molecule is O=P(F)(OCCCCCCCc1ccccc1)OCCCCCCCc1ccccc1. The van der Waals surface area contributed by atoms with Crippen molar-refractivity contribution in [3.05, 3.63) is 71.8 Å². The molecule has 0 fully saturated rings. The fourth-order valence-electron chi connectivity index (χ4n) is 3.60. The van der Waals surface area contributed by atoms with Crippen LogP contribution >= 0.6 is 7.91 Å². The first-order chi connectivity index (χ1) is 15.2. The molecule has 0 bridgehead atoms. The Morgan fingerprint density at radius 1 is 0.548 bits per heavy atom. The van der Waals surface area contributed by atoms with Crippen LogP contribution in [0, 0.1) is 0 Å². The number of aryl methyl sites for hydroxylation is 2. The van der Waals surface area contributed by atoms with Crippen molar-refractivity contribution in [2.45, 2.75) is 77.0 Å². The minimum Gasteiger partial charge on any atom is -0.284 e. The summed E-state index contributed by atoms with van der Waals surface area (Å²) >= 11 is 0. The van der Waals surface area contributed by atoms with Crippen LogP contribution in [0.5, 0.6) is 0 Å². The Labute approximate surface area is 188 Å². The van der Waals surface area contributed by atoms with Gasteiger partial charge in [-0.15, -0.1) is 4.20 Å². The summed E-state index contributed by atoms with van der Waals surface area (Å²) in [6.07, 6.45) is 12.3. The normalized spacial score (nSPS) is 11.6. The van der Waals surface area contributed by atoms with Gasteiger partial charge in [-0.2, -0.15) is 0 Å². The van der Waals surface area contributed by atoms with E-state index >= 15 is 0 Å². The van der Waals surface area contributed by atoms with Crippen molar-refractivity contribution < 1.29 is 17.8 Å². The Hall–Kier alpha value is -1.48. The van der Waals surface area contributed by atoms with Crippen molar-refractivity contribution in [2.24, 2.45) is 0 Å². The summed E-state index contributed by atoms with van der Waals surface area (Å²) < 4.78 is 35.3. The molecule has 0 N–H and O–H groups in total. The van der Waals surface area contributed by atoms with Crippen LogP contribution in [0.25, 0.3) is 0 Å². The molecule has 0 aromatic heterocycles. The van der Waals surface area contributed by atoms with E-state index in [9.17, 15) is 8.76 Å². The highest BCUT2D eigenvalue weighted by Crippen LogP contribution is 2.50. The van der Waals surface area contributed by atoms with E-state index in [1.54, 1.807) is 0 Å². The molecule has 0 saturated heterocycles. The summed E-state index contributed by atoms with van der Waals surface area (Å²) in [5, 5.41) is 0. The smallest absolute Gasteiger partial charge is 0.284 e. The lowest BCUT2D eigenvalue weighted by Gasteiger charge is -2.10. The first-order valence-electron chi connectivity index (χ1n) is 11.8. The predicted octanol–water partition coefficient (Wildman–Crippen LogP) is 8.48. The molecule has 0 spiro atoms. The van der Waals surface area contributed by atoms with Crippen LogP contribution in [0.15, 0.2) is 60.7 Å². The van der Waals surface area contributed by atoms with Gasteiger partial charge in [0.05, 0.1) is 13.2 Å². The van der Waals surface area contributed by atoms with E-state index in [-0.39, 0.29) is 13.2 Å². The van der Waals surface area contributed by atoms with Gasteiger partial charge in [0.1, 0.15) is 0 Å². The van der Waals surface area contributed by atoms with Crippen LogP contribution in [0.3, 0.4) is 0 Å². The van der Waals surface area contributed by atoms with E-state index in [2.05, 4.69) is 48.5 Å². The molecule has 172 valence electrons. The molecule has 0 aliphatic carbocycles. The topological polar surface area (TPSA) is 35.5 Å². The average Bonchev–Trinajstić information content (AvgIpc) is 2.78. The van der Waals surface area contributed by atoms with E-state index in [1.807, 2.05) is 12.1 Å². The molecule has 31 heavy (non-hydrogen) atoms. The lowest BCUT2D eigenvalue weighted by molar-refractivity contribution is 0.169. The highest BCUT2D eigenvalue weighted by atomic mass is 31.2. The monoisotopic (exact) mass is 448 g/mol. The van der Waals surface area contributed by atoms with Crippen molar-refractivity contribution in [3.8, 4) is 0 Å². The molecule has 0 saturated carbocycles. The van der Waals surface area contributed by atoms with Gasteiger partial charge in [0.25, 0.3) is 0 Å². The number of rotatable bonds is 18. The summed E-state index contributed by atoms with van der Waals surface area (Å²) in [5.41, 5.74) is 2.74. The Morgan fingerprint density at radius 2 is 0.903 bits per heavy atom. The van der Waals surface area contributed by atoms with Gasteiger partial charge in [-0.1, -0.05) is 99.2 Å². The molecule has 0 aliphatic heterocycles. The second kappa shape index (κ2) is 16.2. The van der Waals surface area contributed by atoms with Crippen LogP contribution in [0.2, 0.25) is 0 Å². The molecule has 0 aliphatic rings. The van der Waals surface area contributed by atoms with Crippen molar-refractivity contribution in [1.29, 1.82) is 0 Å². The molecule has 2 aromatic carbocycles. The van der Waals surface area contributed by atoms with Gasteiger partial charge in [-0.05, 0) is 49.7 Å². The zero-order chi connectivity index (χ0) is 22.0. The molecule has 2 aromatic rings. The summed E-state index contributed by atoms with van der Waals surface area (Å²) in [6.45, 7) is 0.317. The number of hydrogen-bond donors (Lipinski definition) is 0. The molecule has 0 heterocycles. The molecule has 0 atom stereocenters. The van der Waals surface area contributed by atoms with Gasteiger partial charge in [0.15, 0.2) is 0 Å². The first-order valence-corrected chi connectivity index (χ1v) is 13.3. The van der Waals surface area contributed by atoms with Crippen molar-refractivity contribution >= 4 is 7.91 Å². The Balaban J connectivity index is 1.36. The van der Waals surface area contributed by atoms with Crippen molar-refractivity contribution in [3.63, 3.8) is 0 Å². The molecular formula is C26H38FO3P. The number of hydrogen-bond acceptors (Lipinski definition) is 3. The van der Waals surface area contributed by atoms with Gasteiger partial charge in [-0.25, -0.2) is 4.57 Å². The second-order valence-corrected chi connectivity index (χ2v) is 9.48. The first kappa shape index (κ1) is 25.8. The number of halogens is 1. The maximum Gasteiger partial charge on any atom is 0.513 e. The largest absolute Gasteiger partial charge is 0.513 e. The lowest BCUT2D eigenvalue weighted by atomic mass is 10.1. The van der Waals surface area contributed by atoms with Gasteiger partial charge < -0.3 is 0 Å². The molecular weight excluding hydrogens is 410 g/mol. The summed E-state index contributed by atoms with van der Waals surface area (Å²) in [6, 6.07) is 20.9. The van der Waals surface area contributed by atoms with E-state index in [4.69, 9.17) is 9.05 Å². The summed E-state index contributed by atoms with van der Waals surface area (Å²) in [4.78, 5) is 0. The highest BCUT2D eigenvalue weighted by Gasteiger charge is 2.23. The molecule has 0 radical (unpaired) electrons. The average molecular weight is 449 g/mol. The quantitative estimate of drug-likeness (QED) is 0.169. The summed E-state index contributed by atoms with van der Waals surface area (Å²) in [7, 11) is -4.40. The van der Waals surface area contributed by atoms with E-state index < -0.39 is 7.91 Å². The lowest BCUT2D eigenvalue weighted by Crippen LogP contribution is -1.97. The zero-order valence-corrected chi connectivity index (χ0v) is 19.6. The van der Waals surface area contributed by atoms with Crippen molar-refractivity contribution in [1.82, 2.24) is 0 Å². The second-order valence-electron chi connectivity index (χ2n) is 8.10. The maximum absolute atomic E-state index is 13.8. The zero-order valence-electron chi connectivity index (χ0n) is 18.7. The van der Waals surface area contributed by atoms with Crippen molar-refractivity contribution in [2.75, 3.05) is 13.2 Å². The Morgan fingerprint density at radius 3 is 1.32 bits per heavy atom. The summed E-state index contributed by atoms with van der Waals surface area (Å²) in [5.74, 6) is 0. The predicted molar refractivity (Wildman–Crippen MR) is 127 cm³/mol. The third-order valence-corrected chi connectivity index (χ3v) is 6.38. The molecule has 2 rings (SSSR count). The minimum absolute atomic E-state index is 0.159. The van der Waals surface area contributed by atoms with Crippen LogP contribution in [0.4, 0.5) is 4.20 Å². The standard InChI is InChI=1S/C26H38FO3P/c27-31(28,29-23-15-5-1-3-9-17-25-19-11-7-12-20-25)30-24-16-6-2-4-10-18-26-21-13-8-14-22-26/h7-8,11-14,19-22H,1-6,9-10,15-18,23-24H2. The van der Waals surface area contributed by atoms with Gasteiger partial charge in [0, 0.05) is 0 Å². The van der Waals surface area contributed by atoms with Crippen LogP contribution in [-0.4, -0.2) is 13.2 Å². The van der Waals surface area contributed by atoms with Crippen LogP contribution < -0.4 is 0 Å². The van der Waals surface area contributed by atoms with Gasteiger partial charge in [-0.3, -0.25) is 9.05 Å². The van der Waals surface area contributed by atoms with Gasteiger partial charge >= 0.3 is 7.91 Å². The fraction of sp³-hybridized carbons (Fsp3) is 0.538. The van der Waals surface area contributed by atoms with Crippen LogP contribution in [0.1, 0.15) is 75.3 Å². The Bertz CT molecular complexity index is 664. The van der Waals surface area contributed by atoms with Gasteiger partial charge in [0.2, 0.25) is 0 Å². The van der Waals surface area contributed by atoms with E-state index in [0.717, 1.165) is 64.2 Å². The minimum atomic E-state index is -4.40. The fourth-order valence-corrected chi connectivity index (χ4v) is 4.37. The Kier molecular flexibility index (Phi) is 13.5. The number of benzene rings is 2. The molecule has 5 heteroatoms. The maximum atomic E-state index is 13.8. The molecule has 0 amide bonds. The third kappa shape index (κ3) is 13.5. The number of unbranched alkanes of at least 4 members (excludes halogenated alkanes) is 8.